The van der Waals surface area contributed by atoms with Gasteiger partial charge in [0.25, 0.3) is 0 Å². The molecule has 0 aromatic rings. The van der Waals surface area contributed by atoms with Crippen LogP contribution in [0.25, 0.3) is 0 Å². The summed E-state index contributed by atoms with van der Waals surface area (Å²) in [5.74, 6) is 2.83. The van der Waals surface area contributed by atoms with Crippen molar-refractivity contribution in [2.45, 2.75) is 6.92 Å². The van der Waals surface area contributed by atoms with E-state index in [1.165, 1.54) is 11.5 Å². The lowest BCUT2D eigenvalue weighted by atomic mass is 10.9. The first-order chi connectivity index (χ1) is 2.91. The van der Waals surface area contributed by atoms with E-state index in [9.17, 15) is 0 Å². The third-order valence-electron chi connectivity index (χ3n) is 0.204. The maximum atomic E-state index is 7.57. The first-order valence-electron chi connectivity index (χ1n) is 2.10. The van der Waals surface area contributed by atoms with Gasteiger partial charge < -0.3 is 5.11 Å². The summed E-state index contributed by atoms with van der Waals surface area (Å²) in [4.78, 5) is 0. The van der Waals surface area contributed by atoms with Crippen molar-refractivity contribution in [1.82, 2.24) is 0 Å². The van der Waals surface area contributed by atoms with Gasteiger partial charge in [-0.15, -0.1) is 0 Å². The van der Waals surface area contributed by atoms with Gasteiger partial charge in [0.2, 0.25) is 0 Å². The Hall–Kier alpha value is 0.310. The fourth-order valence-electron chi connectivity index (χ4n) is 0. The van der Waals surface area contributed by atoms with E-state index < -0.39 is 0 Å². The van der Waals surface area contributed by atoms with Gasteiger partial charge in [0, 0.05) is 18.1 Å². The molecule has 0 aromatic heterocycles. The molecule has 0 radical (unpaired) electrons. The topological polar surface area (TPSA) is 20.2 Å². The number of hydrogen-bond donors (Lipinski definition) is 1. The van der Waals surface area contributed by atoms with E-state index in [-0.39, 0.29) is 6.61 Å². The molecule has 1 rings (SSSR count). The second kappa shape index (κ2) is 5.31. The van der Waals surface area contributed by atoms with Gasteiger partial charge in [-0.2, -0.15) is 11.8 Å². The summed E-state index contributed by atoms with van der Waals surface area (Å²) in [6, 6.07) is 0. The molecule has 1 aliphatic rings. The predicted octanol–water partition coefficient (Wildman–Crippen LogP) is 0.732. The molecule has 1 aliphatic heterocycles. The molecule has 1 N–H and O–H groups in total. The van der Waals surface area contributed by atoms with Gasteiger partial charge in [0.1, 0.15) is 0 Å². The Morgan fingerprint density at radius 1 is 1.67 bits per heavy atom. The Balaban J connectivity index is 0.0000000833. The molecule has 6 heavy (non-hydrogen) atoms. The first-order valence-corrected chi connectivity index (χ1v) is 3.26. The van der Waals surface area contributed by atoms with Gasteiger partial charge >= 0.3 is 0 Å². The second-order valence-electron chi connectivity index (χ2n) is 0.929. The standard InChI is InChI=1S/C2H6O.C2H4S/c1-2-3;1-2-3-1/h3H,2H2,1H3;1-2H2. The molecule has 1 saturated heterocycles. The van der Waals surface area contributed by atoms with E-state index in [2.05, 4.69) is 0 Å². The molecule has 38 valence electrons. The van der Waals surface area contributed by atoms with Crippen molar-refractivity contribution in [2.75, 3.05) is 18.1 Å². The third kappa shape index (κ3) is 27.5. The average molecular weight is 106 g/mol. The van der Waals surface area contributed by atoms with Crippen molar-refractivity contribution in [3.8, 4) is 0 Å². The van der Waals surface area contributed by atoms with Gasteiger partial charge in [0.05, 0.1) is 0 Å². The molecule has 0 amide bonds. The molecule has 0 saturated carbocycles. The zero-order valence-electron chi connectivity index (χ0n) is 3.98. The molecular weight excluding hydrogens is 96.1 g/mol. The quantitative estimate of drug-likeness (QED) is 0.459. The Labute approximate surface area is 42.8 Å². The second-order valence-corrected chi connectivity index (χ2v) is 2.15. The third-order valence-corrected chi connectivity index (χ3v) is 0.612. The summed E-state index contributed by atoms with van der Waals surface area (Å²) in [5, 5.41) is 7.57. The molecule has 0 spiro atoms. The number of hydrogen-bond acceptors (Lipinski definition) is 2. The molecule has 0 atom stereocenters. The minimum absolute atomic E-state index is 0.250. The molecule has 1 heterocycles. The highest BCUT2D eigenvalue weighted by atomic mass is 32.2. The SMILES string of the molecule is C1CS1.CCO. The van der Waals surface area contributed by atoms with Crippen molar-refractivity contribution < 1.29 is 5.11 Å². The molecular formula is C4H10OS. The van der Waals surface area contributed by atoms with Crippen molar-refractivity contribution in [3.05, 3.63) is 0 Å². The zero-order chi connectivity index (χ0) is 4.83. The summed E-state index contributed by atoms with van der Waals surface area (Å²) in [6.45, 7) is 1.93. The number of thioether (sulfide) groups is 1. The molecule has 1 fully saturated rings. The van der Waals surface area contributed by atoms with Crippen molar-refractivity contribution in [1.29, 1.82) is 0 Å². The van der Waals surface area contributed by atoms with Crippen LogP contribution in [0.4, 0.5) is 0 Å². The van der Waals surface area contributed by atoms with E-state index in [0.717, 1.165) is 0 Å². The summed E-state index contributed by atoms with van der Waals surface area (Å²) >= 11 is 2.00. The summed E-state index contributed by atoms with van der Waals surface area (Å²) in [7, 11) is 0. The number of rotatable bonds is 0. The van der Waals surface area contributed by atoms with Crippen molar-refractivity contribution in [3.63, 3.8) is 0 Å². The minimum atomic E-state index is 0.250. The lowest BCUT2D eigenvalue weighted by Gasteiger charge is -1.52. The predicted molar refractivity (Wildman–Crippen MR) is 30.1 cm³/mol. The van der Waals surface area contributed by atoms with Crippen LogP contribution in [0.2, 0.25) is 0 Å². The molecule has 0 aromatic carbocycles. The lowest BCUT2D eigenvalue weighted by Crippen LogP contribution is -1.57. The van der Waals surface area contributed by atoms with Crippen LogP contribution >= 0.6 is 11.8 Å². The maximum absolute atomic E-state index is 7.57. The van der Waals surface area contributed by atoms with Gasteiger partial charge in [0.15, 0.2) is 0 Å². The van der Waals surface area contributed by atoms with Gasteiger partial charge in [-0.3, -0.25) is 0 Å². The highest BCUT2D eigenvalue weighted by Gasteiger charge is 1.95. The Morgan fingerprint density at radius 3 is 1.83 bits per heavy atom. The van der Waals surface area contributed by atoms with E-state index in [1.807, 2.05) is 11.8 Å². The number of aliphatic hydroxyl groups is 1. The van der Waals surface area contributed by atoms with Crippen LogP contribution in [0, 0.1) is 0 Å². The van der Waals surface area contributed by atoms with Crippen LogP contribution < -0.4 is 0 Å². The highest BCUT2D eigenvalue weighted by molar-refractivity contribution is 8.06. The van der Waals surface area contributed by atoms with Gasteiger partial charge in [-0.1, -0.05) is 0 Å². The molecule has 0 unspecified atom stereocenters. The Bertz CT molecular complexity index is 18.8. The Morgan fingerprint density at radius 2 is 1.83 bits per heavy atom. The van der Waals surface area contributed by atoms with Crippen molar-refractivity contribution in [2.24, 2.45) is 0 Å². The molecule has 2 heteroatoms. The van der Waals surface area contributed by atoms with E-state index in [0.29, 0.717) is 0 Å². The summed E-state index contributed by atoms with van der Waals surface area (Å²) in [6.07, 6.45) is 0. The summed E-state index contributed by atoms with van der Waals surface area (Å²) < 4.78 is 0. The van der Waals surface area contributed by atoms with E-state index >= 15 is 0 Å². The molecule has 1 nitrogen and oxygen atoms in total. The normalized spacial score (nSPS) is 15.0. The monoisotopic (exact) mass is 106 g/mol. The van der Waals surface area contributed by atoms with Crippen LogP contribution in [0.15, 0.2) is 0 Å². The van der Waals surface area contributed by atoms with Gasteiger partial charge in [-0.25, -0.2) is 0 Å². The smallest absolute Gasteiger partial charge is 0.0402 e. The van der Waals surface area contributed by atoms with E-state index in [4.69, 9.17) is 5.11 Å². The van der Waals surface area contributed by atoms with Crippen LogP contribution in [0.3, 0.4) is 0 Å². The highest BCUT2D eigenvalue weighted by Crippen LogP contribution is 2.14. The zero-order valence-corrected chi connectivity index (χ0v) is 4.79. The maximum Gasteiger partial charge on any atom is 0.0402 e. The fraction of sp³-hybridized carbons (Fsp3) is 1.00. The largest absolute Gasteiger partial charge is 0.397 e. The molecule has 0 bridgehead atoms. The van der Waals surface area contributed by atoms with E-state index in [1.54, 1.807) is 6.92 Å². The van der Waals surface area contributed by atoms with Crippen LogP contribution in [0.1, 0.15) is 6.92 Å². The lowest BCUT2D eigenvalue weighted by molar-refractivity contribution is 0.318. The number of aliphatic hydroxyl groups excluding tert-OH is 1. The fourth-order valence-corrected chi connectivity index (χ4v) is 0. The first kappa shape index (κ1) is 6.31. The molecule has 0 aliphatic carbocycles. The average Bonchev–Trinajstić information content (AvgIpc) is 2.11. The summed E-state index contributed by atoms with van der Waals surface area (Å²) in [5.41, 5.74) is 0. The van der Waals surface area contributed by atoms with Crippen molar-refractivity contribution >= 4 is 11.8 Å². The van der Waals surface area contributed by atoms with Gasteiger partial charge in [-0.05, 0) is 6.92 Å². The minimum Gasteiger partial charge on any atom is -0.397 e. The Kier molecular flexibility index (Phi) is 5.58. The van der Waals surface area contributed by atoms with Crippen LogP contribution in [-0.2, 0) is 0 Å². The van der Waals surface area contributed by atoms with Crippen LogP contribution in [0.5, 0.6) is 0 Å². The van der Waals surface area contributed by atoms with Crippen LogP contribution in [-0.4, -0.2) is 23.2 Å².